The minimum atomic E-state index is -2.25. The van der Waals surface area contributed by atoms with Crippen LogP contribution in [0.3, 0.4) is 0 Å². The molecule has 2 unspecified atom stereocenters. The Hall–Kier alpha value is -0.220. The van der Waals surface area contributed by atoms with Crippen molar-refractivity contribution in [2.75, 3.05) is 20.2 Å². The van der Waals surface area contributed by atoms with Gasteiger partial charge < -0.3 is 4.74 Å². The van der Waals surface area contributed by atoms with Crippen molar-refractivity contribution in [2.24, 2.45) is 0 Å². The fourth-order valence-corrected chi connectivity index (χ4v) is 1.65. The summed E-state index contributed by atoms with van der Waals surface area (Å²) in [5.41, 5.74) is 0. The van der Waals surface area contributed by atoms with Gasteiger partial charge in [0.2, 0.25) is 0 Å². The van der Waals surface area contributed by atoms with Crippen molar-refractivity contribution in [3.8, 4) is 0 Å². The number of rotatable bonds is 3. The first-order valence-corrected chi connectivity index (χ1v) is 4.21. The Morgan fingerprint density at radius 3 is 2.67 bits per heavy atom. The smallest absolute Gasteiger partial charge is 0.251 e. The van der Waals surface area contributed by atoms with Gasteiger partial charge >= 0.3 is 0 Å². The Labute approximate surface area is 71.5 Å². The van der Waals surface area contributed by atoms with Crippen molar-refractivity contribution in [1.29, 1.82) is 0 Å². The van der Waals surface area contributed by atoms with Gasteiger partial charge in [-0.05, 0) is 20.4 Å². The molecule has 0 radical (unpaired) electrons. The second-order valence-electron chi connectivity index (χ2n) is 3.26. The van der Waals surface area contributed by atoms with E-state index in [1.807, 2.05) is 6.92 Å². The number of nitrogens with zero attached hydrogens (tertiary/aromatic N) is 1. The van der Waals surface area contributed by atoms with Crippen LogP contribution in [0.15, 0.2) is 0 Å². The lowest BCUT2D eigenvalue weighted by Gasteiger charge is -2.25. The lowest BCUT2D eigenvalue weighted by molar-refractivity contribution is 0.0471. The summed E-state index contributed by atoms with van der Waals surface area (Å²) < 4.78 is 29.2. The molecule has 1 aliphatic heterocycles. The van der Waals surface area contributed by atoms with Crippen LogP contribution < -0.4 is 0 Å². The molecule has 2 atom stereocenters. The number of alkyl halides is 2. The number of likely N-dealkylation sites (N-methyl/N-ethyl adjacent to an activating group) is 1. The molecule has 1 aliphatic rings. The summed E-state index contributed by atoms with van der Waals surface area (Å²) >= 11 is 0. The summed E-state index contributed by atoms with van der Waals surface area (Å²) in [6.07, 6.45) is -1.29. The van der Waals surface area contributed by atoms with E-state index in [0.717, 1.165) is 6.42 Å². The SMILES string of the molecule is CC1OCCC1N(C)CC(F)F. The minimum absolute atomic E-state index is 0.0914. The van der Waals surface area contributed by atoms with Crippen molar-refractivity contribution in [2.45, 2.75) is 31.9 Å². The highest BCUT2D eigenvalue weighted by molar-refractivity contribution is 4.80. The molecule has 0 spiro atoms. The number of ether oxygens (including phenoxy) is 1. The first-order valence-electron chi connectivity index (χ1n) is 4.21. The summed E-state index contributed by atoms with van der Waals surface area (Å²) in [5.74, 6) is 0. The Bertz CT molecular complexity index is 143. The first-order chi connectivity index (χ1) is 5.61. The molecule has 0 aromatic rings. The molecule has 2 nitrogen and oxygen atoms in total. The summed E-state index contributed by atoms with van der Waals surface area (Å²) in [4.78, 5) is 1.68. The van der Waals surface area contributed by atoms with E-state index in [1.165, 1.54) is 0 Å². The first kappa shape index (κ1) is 9.86. The zero-order chi connectivity index (χ0) is 9.14. The van der Waals surface area contributed by atoms with Crippen LogP contribution in [0.25, 0.3) is 0 Å². The van der Waals surface area contributed by atoms with E-state index in [9.17, 15) is 8.78 Å². The van der Waals surface area contributed by atoms with Gasteiger partial charge in [-0.25, -0.2) is 8.78 Å². The van der Waals surface area contributed by atoms with Crippen LogP contribution in [0.4, 0.5) is 8.78 Å². The molecule has 0 aromatic carbocycles. The highest BCUT2D eigenvalue weighted by Gasteiger charge is 2.28. The van der Waals surface area contributed by atoms with Crippen molar-refractivity contribution in [3.63, 3.8) is 0 Å². The van der Waals surface area contributed by atoms with Gasteiger partial charge in [0.25, 0.3) is 6.43 Å². The van der Waals surface area contributed by atoms with Gasteiger partial charge in [0.15, 0.2) is 0 Å². The lowest BCUT2D eigenvalue weighted by atomic mass is 10.1. The summed E-state index contributed by atoms with van der Waals surface area (Å²) in [6, 6.07) is 0.166. The van der Waals surface area contributed by atoms with Gasteiger partial charge in [0.1, 0.15) is 0 Å². The quantitative estimate of drug-likeness (QED) is 0.648. The lowest BCUT2D eigenvalue weighted by Crippen LogP contribution is -2.39. The van der Waals surface area contributed by atoms with Gasteiger partial charge in [-0.3, -0.25) is 4.90 Å². The highest BCUT2D eigenvalue weighted by atomic mass is 19.3. The van der Waals surface area contributed by atoms with Gasteiger partial charge in [-0.2, -0.15) is 0 Å². The molecule has 0 amide bonds. The molecule has 0 aromatic heterocycles. The maximum absolute atomic E-state index is 12.0. The topological polar surface area (TPSA) is 12.5 Å². The molecule has 0 N–H and O–H groups in total. The third-order valence-electron chi connectivity index (χ3n) is 2.33. The van der Waals surface area contributed by atoms with E-state index >= 15 is 0 Å². The van der Waals surface area contributed by atoms with Crippen LogP contribution in [-0.4, -0.2) is 43.7 Å². The molecule has 1 saturated heterocycles. The van der Waals surface area contributed by atoms with Crippen molar-refractivity contribution >= 4 is 0 Å². The second-order valence-corrected chi connectivity index (χ2v) is 3.26. The molecule has 72 valence electrons. The van der Waals surface area contributed by atoms with E-state index in [-0.39, 0.29) is 18.7 Å². The average Bonchev–Trinajstić information content (AvgIpc) is 2.33. The van der Waals surface area contributed by atoms with Crippen molar-refractivity contribution < 1.29 is 13.5 Å². The molecular formula is C8H15F2NO. The van der Waals surface area contributed by atoms with Gasteiger partial charge in [-0.1, -0.05) is 0 Å². The van der Waals surface area contributed by atoms with Gasteiger partial charge in [0.05, 0.1) is 12.6 Å². The fraction of sp³-hybridized carbons (Fsp3) is 1.00. The second kappa shape index (κ2) is 4.14. The maximum Gasteiger partial charge on any atom is 0.251 e. The fourth-order valence-electron chi connectivity index (χ4n) is 1.65. The number of halogens is 2. The van der Waals surface area contributed by atoms with Gasteiger partial charge in [-0.15, -0.1) is 0 Å². The van der Waals surface area contributed by atoms with Gasteiger partial charge in [0, 0.05) is 12.6 Å². The van der Waals surface area contributed by atoms with Crippen LogP contribution in [0.1, 0.15) is 13.3 Å². The van der Waals surface area contributed by atoms with Crippen LogP contribution in [0, 0.1) is 0 Å². The highest BCUT2D eigenvalue weighted by Crippen LogP contribution is 2.18. The van der Waals surface area contributed by atoms with E-state index < -0.39 is 6.43 Å². The Morgan fingerprint density at radius 1 is 1.58 bits per heavy atom. The largest absolute Gasteiger partial charge is 0.377 e. The number of hydrogen-bond donors (Lipinski definition) is 0. The Kier molecular flexibility index (Phi) is 3.40. The van der Waals surface area contributed by atoms with Crippen LogP contribution in [0.5, 0.6) is 0 Å². The van der Waals surface area contributed by atoms with Crippen molar-refractivity contribution in [1.82, 2.24) is 4.90 Å². The summed E-state index contributed by atoms with van der Waals surface area (Å²) in [5, 5.41) is 0. The molecule has 0 saturated carbocycles. The predicted octanol–water partition coefficient (Wildman–Crippen LogP) is 1.36. The maximum atomic E-state index is 12.0. The van der Waals surface area contributed by atoms with E-state index in [4.69, 9.17) is 4.74 Å². The van der Waals surface area contributed by atoms with E-state index in [1.54, 1.807) is 11.9 Å². The zero-order valence-electron chi connectivity index (χ0n) is 7.46. The third kappa shape index (κ3) is 2.38. The predicted molar refractivity (Wildman–Crippen MR) is 42.5 cm³/mol. The molecule has 0 bridgehead atoms. The minimum Gasteiger partial charge on any atom is -0.377 e. The molecule has 1 heterocycles. The summed E-state index contributed by atoms with van der Waals surface area (Å²) in [6.45, 7) is 2.47. The van der Waals surface area contributed by atoms with E-state index in [0.29, 0.717) is 6.61 Å². The standard InChI is InChI=1S/C8H15F2NO/c1-6-7(3-4-12-6)11(2)5-8(9)10/h6-8H,3-5H2,1-2H3. The molecule has 0 aliphatic carbocycles. The Morgan fingerprint density at radius 2 is 2.25 bits per heavy atom. The van der Waals surface area contributed by atoms with E-state index in [2.05, 4.69) is 0 Å². The summed E-state index contributed by atoms with van der Waals surface area (Å²) in [7, 11) is 1.72. The molecular weight excluding hydrogens is 164 g/mol. The molecule has 1 fully saturated rings. The van der Waals surface area contributed by atoms with Crippen LogP contribution >= 0.6 is 0 Å². The molecule has 12 heavy (non-hydrogen) atoms. The number of hydrogen-bond acceptors (Lipinski definition) is 2. The molecule has 1 rings (SSSR count). The Balaban J connectivity index is 2.35. The molecule has 4 heteroatoms. The average molecular weight is 179 g/mol. The van der Waals surface area contributed by atoms with Crippen molar-refractivity contribution in [3.05, 3.63) is 0 Å². The zero-order valence-corrected chi connectivity index (χ0v) is 7.46. The van der Waals surface area contributed by atoms with Crippen LogP contribution in [0.2, 0.25) is 0 Å². The third-order valence-corrected chi connectivity index (χ3v) is 2.33. The van der Waals surface area contributed by atoms with Crippen LogP contribution in [-0.2, 0) is 4.74 Å². The monoisotopic (exact) mass is 179 g/mol. The normalized spacial score (nSPS) is 30.5.